The molecule has 122 valence electrons. The van der Waals surface area contributed by atoms with Crippen LogP contribution in [0.2, 0.25) is 0 Å². The number of carbonyl (C=O) groups excluding carboxylic acids is 1. The van der Waals surface area contributed by atoms with Crippen LogP contribution in [0.4, 0.5) is 4.79 Å². The van der Waals surface area contributed by atoms with Gasteiger partial charge in [0.05, 0.1) is 13.7 Å². The Morgan fingerprint density at radius 1 is 1.41 bits per heavy atom. The molecule has 2 rings (SSSR count). The number of fused-ring (bicyclic) bond motifs is 1. The van der Waals surface area contributed by atoms with Crippen molar-refractivity contribution in [1.82, 2.24) is 4.90 Å². The molecule has 5 nitrogen and oxygen atoms in total. The van der Waals surface area contributed by atoms with Crippen molar-refractivity contribution in [2.24, 2.45) is 5.73 Å². The molecule has 0 aliphatic carbocycles. The van der Waals surface area contributed by atoms with Crippen LogP contribution in [0, 0.1) is 0 Å². The van der Waals surface area contributed by atoms with Crippen molar-refractivity contribution in [3.05, 3.63) is 27.7 Å². The fourth-order valence-electron chi connectivity index (χ4n) is 2.56. The molecule has 1 aromatic rings. The van der Waals surface area contributed by atoms with Crippen LogP contribution in [-0.2, 0) is 11.3 Å². The molecule has 0 bridgehead atoms. The van der Waals surface area contributed by atoms with Gasteiger partial charge in [0.2, 0.25) is 0 Å². The number of nitrogens with zero attached hydrogens (tertiary/aromatic N) is 1. The van der Waals surface area contributed by atoms with Crippen LogP contribution < -0.4 is 10.5 Å². The fourth-order valence-corrected chi connectivity index (χ4v) is 3.23. The second-order valence-corrected chi connectivity index (χ2v) is 7.29. The summed E-state index contributed by atoms with van der Waals surface area (Å²) in [6.45, 7) is 6.57. The van der Waals surface area contributed by atoms with Crippen LogP contribution >= 0.6 is 15.9 Å². The number of hydrogen-bond donors (Lipinski definition) is 1. The zero-order valence-electron chi connectivity index (χ0n) is 13.5. The molecule has 1 aliphatic rings. The maximum atomic E-state index is 12.4. The van der Waals surface area contributed by atoms with Crippen LogP contribution in [0.5, 0.6) is 5.75 Å². The van der Waals surface area contributed by atoms with Gasteiger partial charge in [-0.05, 0) is 44.9 Å². The lowest BCUT2D eigenvalue weighted by Gasteiger charge is -2.27. The number of ether oxygens (including phenoxy) is 2. The van der Waals surface area contributed by atoms with Gasteiger partial charge in [-0.15, -0.1) is 0 Å². The van der Waals surface area contributed by atoms with Crippen molar-refractivity contribution < 1.29 is 14.3 Å². The number of nitrogens with two attached hydrogens (primary N) is 1. The van der Waals surface area contributed by atoms with E-state index in [9.17, 15) is 4.79 Å². The minimum atomic E-state index is -0.518. The number of rotatable bonds is 1. The summed E-state index contributed by atoms with van der Waals surface area (Å²) in [4.78, 5) is 14.1. The zero-order chi connectivity index (χ0) is 16.5. The molecule has 0 aromatic heterocycles. The van der Waals surface area contributed by atoms with Crippen molar-refractivity contribution in [3.63, 3.8) is 0 Å². The average molecular weight is 371 g/mol. The van der Waals surface area contributed by atoms with E-state index in [0.717, 1.165) is 21.3 Å². The number of benzene rings is 1. The van der Waals surface area contributed by atoms with E-state index in [1.165, 1.54) is 0 Å². The van der Waals surface area contributed by atoms with E-state index in [0.29, 0.717) is 19.5 Å². The van der Waals surface area contributed by atoms with E-state index < -0.39 is 5.60 Å². The molecular weight excluding hydrogens is 348 g/mol. The Morgan fingerprint density at radius 2 is 2.09 bits per heavy atom. The minimum Gasteiger partial charge on any atom is -0.496 e. The molecule has 0 saturated carbocycles. The van der Waals surface area contributed by atoms with E-state index in [-0.39, 0.29) is 12.1 Å². The van der Waals surface area contributed by atoms with Crippen LogP contribution in [0.1, 0.15) is 44.4 Å². The molecule has 0 saturated heterocycles. The largest absolute Gasteiger partial charge is 0.496 e. The predicted octanol–water partition coefficient (Wildman–Crippen LogP) is 3.60. The monoisotopic (exact) mass is 370 g/mol. The SMILES string of the molecule is COc1ccc(Br)c2c1CN(C(=O)OC(C)(C)C)CCC2N. The smallest absolute Gasteiger partial charge is 0.410 e. The first-order valence-electron chi connectivity index (χ1n) is 7.31. The highest BCUT2D eigenvalue weighted by molar-refractivity contribution is 9.10. The number of hydrogen-bond acceptors (Lipinski definition) is 4. The van der Waals surface area contributed by atoms with Gasteiger partial charge in [0.15, 0.2) is 0 Å². The second-order valence-electron chi connectivity index (χ2n) is 6.44. The molecule has 22 heavy (non-hydrogen) atoms. The van der Waals surface area contributed by atoms with Crippen LogP contribution in [0.3, 0.4) is 0 Å². The highest BCUT2D eigenvalue weighted by atomic mass is 79.9. The molecule has 0 spiro atoms. The van der Waals surface area contributed by atoms with Gasteiger partial charge in [0, 0.05) is 22.6 Å². The second kappa shape index (κ2) is 6.46. The third-order valence-corrected chi connectivity index (χ3v) is 4.25. The molecule has 0 radical (unpaired) electrons. The van der Waals surface area contributed by atoms with Gasteiger partial charge in [-0.1, -0.05) is 15.9 Å². The summed E-state index contributed by atoms with van der Waals surface area (Å²) in [6, 6.07) is 3.67. The number of carbonyl (C=O) groups is 1. The summed E-state index contributed by atoms with van der Waals surface area (Å²) in [6.07, 6.45) is 0.354. The van der Waals surface area contributed by atoms with E-state index in [1.807, 2.05) is 32.9 Å². The Hall–Kier alpha value is -1.27. The molecule has 1 aliphatic heterocycles. The van der Waals surface area contributed by atoms with Crippen molar-refractivity contribution in [3.8, 4) is 5.75 Å². The highest BCUT2D eigenvalue weighted by Gasteiger charge is 2.29. The summed E-state index contributed by atoms with van der Waals surface area (Å²) >= 11 is 3.56. The lowest BCUT2D eigenvalue weighted by atomic mass is 9.99. The van der Waals surface area contributed by atoms with E-state index >= 15 is 0 Å². The van der Waals surface area contributed by atoms with E-state index in [1.54, 1.807) is 12.0 Å². The molecular formula is C16H23BrN2O3. The van der Waals surface area contributed by atoms with Gasteiger partial charge in [-0.25, -0.2) is 4.79 Å². The molecule has 1 amide bonds. The van der Waals surface area contributed by atoms with Crippen molar-refractivity contribution >= 4 is 22.0 Å². The molecule has 1 aromatic carbocycles. The maximum Gasteiger partial charge on any atom is 0.410 e. The molecule has 0 fully saturated rings. The van der Waals surface area contributed by atoms with Crippen molar-refractivity contribution in [2.45, 2.75) is 45.4 Å². The standard InChI is InChI=1S/C16H23BrN2O3/c1-16(2,3)22-15(20)19-8-7-12(18)14-10(9-19)13(21-4)6-5-11(14)17/h5-6,12H,7-9,18H2,1-4H3. The third-order valence-electron chi connectivity index (χ3n) is 3.56. The van der Waals surface area contributed by atoms with Crippen molar-refractivity contribution in [1.29, 1.82) is 0 Å². The van der Waals surface area contributed by atoms with E-state index in [4.69, 9.17) is 15.2 Å². The van der Waals surface area contributed by atoms with Gasteiger partial charge < -0.3 is 20.1 Å². The van der Waals surface area contributed by atoms with Crippen LogP contribution in [-0.4, -0.2) is 30.2 Å². The Morgan fingerprint density at radius 3 is 2.68 bits per heavy atom. The first-order chi connectivity index (χ1) is 10.2. The molecule has 6 heteroatoms. The Balaban J connectivity index is 2.35. The van der Waals surface area contributed by atoms with Crippen LogP contribution in [0.15, 0.2) is 16.6 Å². The fraction of sp³-hybridized carbons (Fsp3) is 0.562. The first kappa shape index (κ1) is 17.1. The number of methoxy groups -OCH3 is 1. The summed E-state index contributed by atoms with van der Waals surface area (Å²) in [5.41, 5.74) is 7.72. The van der Waals surface area contributed by atoms with Gasteiger partial charge >= 0.3 is 6.09 Å². The van der Waals surface area contributed by atoms with Crippen LogP contribution in [0.25, 0.3) is 0 Å². The topological polar surface area (TPSA) is 64.8 Å². The van der Waals surface area contributed by atoms with Gasteiger partial charge in [-0.2, -0.15) is 0 Å². The quantitative estimate of drug-likeness (QED) is 0.819. The Kier molecular flexibility index (Phi) is 5.02. The van der Waals surface area contributed by atoms with Gasteiger partial charge in [0.1, 0.15) is 11.4 Å². The van der Waals surface area contributed by atoms with Gasteiger partial charge in [-0.3, -0.25) is 0 Å². The summed E-state index contributed by atoms with van der Waals surface area (Å²) < 4.78 is 11.9. The zero-order valence-corrected chi connectivity index (χ0v) is 15.1. The molecule has 1 heterocycles. The van der Waals surface area contributed by atoms with E-state index in [2.05, 4.69) is 15.9 Å². The highest BCUT2D eigenvalue weighted by Crippen LogP contribution is 2.37. The molecule has 1 unspecified atom stereocenters. The Labute approximate surface area is 139 Å². The molecule has 2 N–H and O–H groups in total. The summed E-state index contributed by atoms with van der Waals surface area (Å²) in [5, 5.41) is 0. The first-order valence-corrected chi connectivity index (χ1v) is 8.11. The normalized spacial score (nSPS) is 18.5. The minimum absolute atomic E-state index is 0.146. The average Bonchev–Trinajstić information content (AvgIpc) is 2.58. The predicted molar refractivity (Wildman–Crippen MR) is 88.9 cm³/mol. The van der Waals surface area contributed by atoms with Gasteiger partial charge in [0.25, 0.3) is 0 Å². The number of halogens is 1. The van der Waals surface area contributed by atoms with Crippen molar-refractivity contribution in [2.75, 3.05) is 13.7 Å². The number of amides is 1. The summed E-state index contributed by atoms with van der Waals surface area (Å²) in [7, 11) is 1.62. The summed E-state index contributed by atoms with van der Waals surface area (Å²) in [5.74, 6) is 0.740. The molecule has 1 atom stereocenters. The maximum absolute atomic E-state index is 12.4. The third kappa shape index (κ3) is 3.73. The Bertz CT molecular complexity index is 569. The lowest BCUT2D eigenvalue weighted by Crippen LogP contribution is -2.36. The lowest BCUT2D eigenvalue weighted by molar-refractivity contribution is 0.0234.